The van der Waals surface area contributed by atoms with Crippen LogP contribution in [0.5, 0.6) is 5.75 Å². The van der Waals surface area contributed by atoms with Crippen molar-refractivity contribution in [2.24, 2.45) is 0 Å². The third-order valence-corrected chi connectivity index (χ3v) is 7.82. The highest BCUT2D eigenvalue weighted by Crippen LogP contribution is 2.39. The Hall–Kier alpha value is -4.22. The van der Waals surface area contributed by atoms with Gasteiger partial charge in [-0.15, -0.1) is 0 Å². The number of ether oxygens (including phenoxy) is 1. The summed E-state index contributed by atoms with van der Waals surface area (Å²) in [5.41, 5.74) is 2.09. The van der Waals surface area contributed by atoms with Crippen molar-refractivity contribution in [2.45, 2.75) is 51.0 Å². The van der Waals surface area contributed by atoms with Crippen LogP contribution < -0.4 is 10.1 Å². The third-order valence-electron chi connectivity index (χ3n) is 7.82. The third kappa shape index (κ3) is 3.80. The van der Waals surface area contributed by atoms with E-state index in [1.54, 1.807) is 15.4 Å². The molecule has 2 aliphatic heterocycles. The predicted octanol–water partition coefficient (Wildman–Crippen LogP) is 5.00. The fraction of sp³-hybridized carbons (Fsp3) is 0.333. The van der Waals surface area contributed by atoms with Crippen LogP contribution in [0.15, 0.2) is 36.9 Å². The lowest BCUT2D eigenvalue weighted by molar-refractivity contribution is -0.141. The van der Waals surface area contributed by atoms with Crippen LogP contribution in [0.25, 0.3) is 16.6 Å². The summed E-state index contributed by atoms with van der Waals surface area (Å²) >= 11 is 0. The van der Waals surface area contributed by atoms with E-state index in [-0.39, 0.29) is 36.5 Å². The van der Waals surface area contributed by atoms with Gasteiger partial charge in [0.05, 0.1) is 12.1 Å². The summed E-state index contributed by atoms with van der Waals surface area (Å²) in [6.07, 6.45) is 2.62. The smallest absolute Gasteiger partial charge is 0.433 e. The Bertz CT molecular complexity index is 1650. The van der Waals surface area contributed by atoms with Gasteiger partial charge in [-0.25, -0.2) is 14.4 Å². The van der Waals surface area contributed by atoms with Crippen LogP contribution in [-0.4, -0.2) is 42.8 Å². The number of benzene rings is 1. The topological polar surface area (TPSA) is 84.7 Å². The number of pyridine rings is 1. The van der Waals surface area contributed by atoms with Crippen molar-refractivity contribution in [3.05, 3.63) is 70.8 Å². The number of nitrogens with zero attached hydrogens (tertiary/aromatic N) is 5. The first-order valence-electron chi connectivity index (χ1n) is 12.7. The molecule has 39 heavy (non-hydrogen) atoms. The van der Waals surface area contributed by atoms with Crippen molar-refractivity contribution < 1.29 is 27.1 Å². The minimum atomic E-state index is -4.62. The van der Waals surface area contributed by atoms with Crippen molar-refractivity contribution in [1.82, 2.24) is 24.3 Å². The van der Waals surface area contributed by atoms with E-state index in [0.29, 0.717) is 52.5 Å². The Kier molecular flexibility index (Phi) is 5.29. The summed E-state index contributed by atoms with van der Waals surface area (Å²) in [4.78, 5) is 28.0. The van der Waals surface area contributed by atoms with Gasteiger partial charge in [0.25, 0.3) is 5.91 Å². The lowest BCUT2D eigenvalue weighted by atomic mass is 9.89. The van der Waals surface area contributed by atoms with Gasteiger partial charge in [0.1, 0.15) is 23.6 Å². The molecule has 0 atom stereocenters. The predicted molar refractivity (Wildman–Crippen MR) is 132 cm³/mol. The highest BCUT2D eigenvalue weighted by atomic mass is 19.4. The molecular weight excluding hydrogens is 516 g/mol. The number of rotatable bonds is 4. The second-order valence-corrected chi connectivity index (χ2v) is 10.0. The van der Waals surface area contributed by atoms with Crippen LogP contribution in [0, 0.1) is 5.82 Å². The summed E-state index contributed by atoms with van der Waals surface area (Å²) < 4.78 is 62.5. The van der Waals surface area contributed by atoms with Gasteiger partial charge in [0.2, 0.25) is 5.95 Å². The van der Waals surface area contributed by atoms with E-state index < -0.39 is 11.9 Å². The summed E-state index contributed by atoms with van der Waals surface area (Å²) in [7, 11) is 0. The number of anilines is 1. The van der Waals surface area contributed by atoms with E-state index in [0.717, 1.165) is 30.9 Å². The molecule has 5 heterocycles. The Morgan fingerprint density at radius 3 is 2.69 bits per heavy atom. The van der Waals surface area contributed by atoms with Crippen molar-refractivity contribution in [1.29, 1.82) is 0 Å². The molecule has 1 N–H and O–H groups in total. The molecule has 12 heteroatoms. The van der Waals surface area contributed by atoms with Crippen LogP contribution in [0.4, 0.5) is 23.5 Å². The minimum absolute atomic E-state index is 0.0172. The fourth-order valence-electron chi connectivity index (χ4n) is 5.58. The quantitative estimate of drug-likeness (QED) is 0.368. The van der Waals surface area contributed by atoms with E-state index >= 15 is 0 Å². The number of alkyl halides is 3. The number of fused-ring (bicyclic) bond motifs is 3. The van der Waals surface area contributed by atoms with Gasteiger partial charge < -0.3 is 15.0 Å². The van der Waals surface area contributed by atoms with Crippen LogP contribution >= 0.6 is 0 Å². The van der Waals surface area contributed by atoms with Crippen molar-refractivity contribution >= 4 is 17.4 Å². The van der Waals surface area contributed by atoms with Crippen LogP contribution in [0.2, 0.25) is 0 Å². The van der Waals surface area contributed by atoms with Crippen molar-refractivity contribution in [3.63, 3.8) is 0 Å². The number of halogens is 4. The number of hydrogen-bond donors (Lipinski definition) is 1. The average Bonchev–Trinajstić information content (AvgIpc) is 3.53. The van der Waals surface area contributed by atoms with Crippen LogP contribution in [0.1, 0.15) is 52.1 Å². The molecule has 200 valence electrons. The van der Waals surface area contributed by atoms with Crippen molar-refractivity contribution in [3.8, 4) is 16.9 Å². The molecule has 8 nitrogen and oxygen atoms in total. The second-order valence-electron chi connectivity index (χ2n) is 10.0. The zero-order valence-corrected chi connectivity index (χ0v) is 20.6. The average molecular weight is 539 g/mol. The maximum atomic E-state index is 14.7. The monoisotopic (exact) mass is 538 g/mol. The number of imidazole rings is 1. The standard InChI is InChI=1S/C27H22F4N6O2/c28-20-4-5-21-16(6-7-39-21)18(20)10-33-26-34-11-19-17-9-32-22(27(29,30)31)8-14(17)12-36(15-2-1-3-15)25(38)23-24(19)37(26)13-35-23/h4-5,8-9,11,13,15H,1-3,6-7,10,12H2,(H,33,34). The Labute approximate surface area is 219 Å². The number of amides is 1. The highest BCUT2D eigenvalue weighted by Gasteiger charge is 2.37. The van der Waals surface area contributed by atoms with E-state index in [9.17, 15) is 22.4 Å². The minimum Gasteiger partial charge on any atom is -0.493 e. The Morgan fingerprint density at radius 1 is 1.10 bits per heavy atom. The van der Waals surface area contributed by atoms with Gasteiger partial charge in [-0.2, -0.15) is 13.2 Å². The van der Waals surface area contributed by atoms with Crippen LogP contribution in [0.3, 0.4) is 0 Å². The molecule has 0 saturated heterocycles. The van der Waals surface area contributed by atoms with Gasteiger partial charge >= 0.3 is 6.18 Å². The summed E-state index contributed by atoms with van der Waals surface area (Å²) in [6, 6.07) is 3.92. The normalized spacial score (nSPS) is 16.8. The molecule has 3 aliphatic rings. The van der Waals surface area contributed by atoms with Gasteiger partial charge in [0.15, 0.2) is 5.69 Å². The molecule has 1 aromatic carbocycles. The molecule has 4 aromatic rings. The molecule has 0 spiro atoms. The molecule has 0 radical (unpaired) electrons. The SMILES string of the molecule is O=C1c2ncn3c(NCc4c(F)ccc5c4CCO5)ncc(c23)-c2cnc(C(F)(F)F)cc2CN1C1CCC1. The zero-order chi connectivity index (χ0) is 26.9. The first-order chi connectivity index (χ1) is 18.8. The summed E-state index contributed by atoms with van der Waals surface area (Å²) in [6.45, 7) is 0.614. The van der Waals surface area contributed by atoms with Crippen molar-refractivity contribution in [2.75, 3.05) is 11.9 Å². The molecule has 0 bridgehead atoms. The molecule has 0 unspecified atom stereocenters. The number of carbonyl (C=O) groups excluding carboxylic acids is 1. The lowest BCUT2D eigenvalue weighted by Crippen LogP contribution is -2.44. The number of nitrogens with one attached hydrogen (secondary N) is 1. The Morgan fingerprint density at radius 2 is 1.92 bits per heavy atom. The van der Waals surface area contributed by atoms with E-state index in [1.165, 1.54) is 24.8 Å². The molecule has 3 aromatic heterocycles. The maximum Gasteiger partial charge on any atom is 0.433 e. The molecule has 1 aliphatic carbocycles. The second kappa shape index (κ2) is 8.65. The van der Waals surface area contributed by atoms with Gasteiger partial charge in [-0.1, -0.05) is 0 Å². The first kappa shape index (κ1) is 23.9. The lowest BCUT2D eigenvalue weighted by Gasteiger charge is -2.38. The zero-order valence-electron chi connectivity index (χ0n) is 20.6. The largest absolute Gasteiger partial charge is 0.493 e. The molecule has 1 fully saturated rings. The number of aromatic nitrogens is 4. The summed E-state index contributed by atoms with van der Waals surface area (Å²) in [5, 5.41) is 3.15. The highest BCUT2D eigenvalue weighted by molar-refractivity contribution is 6.04. The van der Waals surface area contributed by atoms with E-state index in [1.807, 2.05) is 0 Å². The molecule has 7 rings (SSSR count). The van der Waals surface area contributed by atoms with Gasteiger partial charge in [-0.05, 0) is 43.0 Å². The fourth-order valence-corrected chi connectivity index (χ4v) is 5.58. The number of carbonyl (C=O) groups is 1. The molecule has 1 amide bonds. The Balaban J connectivity index is 1.35. The van der Waals surface area contributed by atoms with Gasteiger partial charge in [0, 0.05) is 60.2 Å². The van der Waals surface area contributed by atoms with E-state index in [4.69, 9.17) is 4.74 Å². The van der Waals surface area contributed by atoms with Gasteiger partial charge in [-0.3, -0.25) is 14.2 Å². The molecule has 1 saturated carbocycles. The maximum absolute atomic E-state index is 14.7. The first-order valence-corrected chi connectivity index (χ1v) is 12.7. The van der Waals surface area contributed by atoms with E-state index in [2.05, 4.69) is 20.3 Å². The number of hydrogen-bond acceptors (Lipinski definition) is 6. The van der Waals surface area contributed by atoms with Crippen LogP contribution in [-0.2, 0) is 25.7 Å². The summed E-state index contributed by atoms with van der Waals surface area (Å²) in [5.74, 6) is 0.249. The molecular formula is C27H22F4N6O2.